The zero-order valence-electron chi connectivity index (χ0n) is 14.4. The van der Waals surface area contributed by atoms with E-state index in [2.05, 4.69) is 45.7 Å². The molecule has 5 rings (SSSR count). The number of benzene rings is 1. The molecule has 1 aliphatic rings. The number of hydrogen-bond donors (Lipinski definition) is 1. The van der Waals surface area contributed by atoms with Crippen molar-refractivity contribution in [3.8, 4) is 5.82 Å². The Hall–Kier alpha value is -2.50. The van der Waals surface area contributed by atoms with Crippen LogP contribution in [-0.4, -0.2) is 14.8 Å². The molecule has 3 heterocycles. The maximum Gasteiger partial charge on any atom is 0.153 e. The lowest BCUT2D eigenvalue weighted by Crippen LogP contribution is -2.24. The molecule has 5 heteroatoms. The predicted octanol–water partition coefficient (Wildman–Crippen LogP) is 4.65. The fourth-order valence-electron chi connectivity index (χ4n) is 3.79. The first-order valence-corrected chi connectivity index (χ1v) is 9.89. The number of nitrogens with one attached hydrogen (secondary N) is 1. The van der Waals surface area contributed by atoms with Crippen LogP contribution in [0.2, 0.25) is 0 Å². The lowest BCUT2D eigenvalue weighted by molar-refractivity contribution is 0.456. The minimum atomic E-state index is 0.362. The van der Waals surface area contributed by atoms with Crippen LogP contribution in [0.4, 0.5) is 0 Å². The summed E-state index contributed by atoms with van der Waals surface area (Å²) < 4.78 is 3.36. The van der Waals surface area contributed by atoms with E-state index in [1.165, 1.54) is 32.6 Å². The summed E-state index contributed by atoms with van der Waals surface area (Å²) in [6.07, 6.45) is 7.24. The maximum atomic E-state index is 4.62. The Balaban J connectivity index is 1.38. The molecule has 0 aliphatic heterocycles. The van der Waals surface area contributed by atoms with E-state index in [4.69, 9.17) is 0 Å². The van der Waals surface area contributed by atoms with Gasteiger partial charge in [-0.05, 0) is 48.9 Å². The Morgan fingerprint density at radius 1 is 1.15 bits per heavy atom. The highest BCUT2D eigenvalue weighted by Crippen LogP contribution is 2.32. The average Bonchev–Trinajstić information content (AvgIpc) is 3.31. The van der Waals surface area contributed by atoms with Crippen molar-refractivity contribution in [1.29, 1.82) is 0 Å². The molecule has 0 saturated carbocycles. The molecule has 1 aliphatic carbocycles. The summed E-state index contributed by atoms with van der Waals surface area (Å²) in [5, 5.41) is 9.72. The number of nitrogens with zero attached hydrogens (tertiary/aromatic N) is 3. The van der Waals surface area contributed by atoms with E-state index in [9.17, 15) is 0 Å². The van der Waals surface area contributed by atoms with Crippen LogP contribution in [0.1, 0.15) is 35.0 Å². The van der Waals surface area contributed by atoms with E-state index in [1.54, 1.807) is 0 Å². The number of hydrogen-bond acceptors (Lipinski definition) is 4. The van der Waals surface area contributed by atoms with Crippen LogP contribution in [0.25, 0.3) is 15.9 Å². The molecule has 1 N–H and O–H groups in total. The minimum Gasteiger partial charge on any atom is -0.305 e. The van der Waals surface area contributed by atoms with E-state index >= 15 is 0 Å². The number of aromatic nitrogens is 3. The molecule has 3 aromatic heterocycles. The van der Waals surface area contributed by atoms with Crippen LogP contribution in [0, 0.1) is 0 Å². The third-order valence-electron chi connectivity index (χ3n) is 5.05. The smallest absolute Gasteiger partial charge is 0.153 e. The van der Waals surface area contributed by atoms with Crippen molar-refractivity contribution < 1.29 is 0 Å². The molecular weight excluding hydrogens is 340 g/mol. The topological polar surface area (TPSA) is 42.7 Å². The standard InChI is InChI=1S/C21H20N4S/c1-2-9-20-15(6-1)12-16(26-20)13-23-18-7-5-8-19-17(18)14-24-25(19)21-10-3-4-11-22-21/h1-4,6,9-12,14,18,23H,5,7-8,13H2/t18-/m0/s1. The third kappa shape index (κ3) is 2.83. The summed E-state index contributed by atoms with van der Waals surface area (Å²) in [5.41, 5.74) is 2.62. The van der Waals surface area contributed by atoms with Crippen LogP contribution in [0.5, 0.6) is 0 Å². The molecule has 4 aromatic rings. The number of fused-ring (bicyclic) bond motifs is 2. The molecule has 26 heavy (non-hydrogen) atoms. The summed E-state index contributed by atoms with van der Waals surface area (Å²) in [5.74, 6) is 0.902. The molecule has 1 aromatic carbocycles. The van der Waals surface area contributed by atoms with Crippen molar-refractivity contribution in [2.45, 2.75) is 31.8 Å². The molecule has 0 bridgehead atoms. The molecule has 1 atom stereocenters. The Morgan fingerprint density at radius 3 is 2.96 bits per heavy atom. The van der Waals surface area contributed by atoms with E-state index in [1.807, 2.05) is 46.6 Å². The van der Waals surface area contributed by atoms with Gasteiger partial charge < -0.3 is 5.32 Å². The number of pyridine rings is 1. The highest BCUT2D eigenvalue weighted by molar-refractivity contribution is 7.19. The fraction of sp³-hybridized carbons (Fsp3) is 0.238. The van der Waals surface area contributed by atoms with Crippen molar-refractivity contribution in [3.05, 3.63) is 77.1 Å². The Labute approximate surface area is 156 Å². The van der Waals surface area contributed by atoms with Gasteiger partial charge in [-0.1, -0.05) is 24.3 Å². The Kier molecular flexibility index (Phi) is 4.03. The van der Waals surface area contributed by atoms with Gasteiger partial charge in [-0.15, -0.1) is 11.3 Å². The van der Waals surface area contributed by atoms with Crippen LogP contribution >= 0.6 is 11.3 Å². The molecule has 0 radical (unpaired) electrons. The van der Waals surface area contributed by atoms with Gasteiger partial charge >= 0.3 is 0 Å². The van der Waals surface area contributed by atoms with Gasteiger partial charge in [0.15, 0.2) is 5.82 Å². The highest BCUT2D eigenvalue weighted by Gasteiger charge is 2.24. The molecule has 0 spiro atoms. The van der Waals surface area contributed by atoms with Crippen LogP contribution in [0.15, 0.2) is 60.9 Å². The van der Waals surface area contributed by atoms with E-state index in [0.29, 0.717) is 6.04 Å². The van der Waals surface area contributed by atoms with E-state index in [0.717, 1.165) is 25.2 Å². The van der Waals surface area contributed by atoms with Gasteiger partial charge in [-0.2, -0.15) is 5.10 Å². The first-order chi connectivity index (χ1) is 12.9. The van der Waals surface area contributed by atoms with Gasteiger partial charge in [0.2, 0.25) is 0 Å². The molecule has 130 valence electrons. The molecule has 4 nitrogen and oxygen atoms in total. The Morgan fingerprint density at radius 2 is 2.08 bits per heavy atom. The average molecular weight is 360 g/mol. The van der Waals surface area contributed by atoms with Crippen LogP contribution < -0.4 is 5.32 Å². The molecule has 0 amide bonds. The second-order valence-corrected chi connectivity index (χ2v) is 7.89. The minimum absolute atomic E-state index is 0.362. The normalized spacial score (nSPS) is 16.7. The van der Waals surface area contributed by atoms with Gasteiger partial charge in [0.1, 0.15) is 0 Å². The SMILES string of the molecule is c1ccc(-n2ncc3c2CCC[C@@H]3NCc2cc3ccccc3s2)nc1. The van der Waals surface area contributed by atoms with Crippen molar-refractivity contribution in [3.63, 3.8) is 0 Å². The van der Waals surface area contributed by atoms with Crippen molar-refractivity contribution in [1.82, 2.24) is 20.1 Å². The van der Waals surface area contributed by atoms with Crippen molar-refractivity contribution >= 4 is 21.4 Å². The monoisotopic (exact) mass is 360 g/mol. The fourth-order valence-corrected chi connectivity index (χ4v) is 4.81. The van der Waals surface area contributed by atoms with E-state index < -0.39 is 0 Å². The summed E-state index contributed by atoms with van der Waals surface area (Å²) in [6, 6.07) is 17.2. The zero-order chi connectivity index (χ0) is 17.3. The zero-order valence-corrected chi connectivity index (χ0v) is 15.2. The number of rotatable bonds is 4. The lowest BCUT2D eigenvalue weighted by Gasteiger charge is -2.24. The van der Waals surface area contributed by atoms with Gasteiger partial charge in [0.05, 0.1) is 11.9 Å². The second kappa shape index (κ2) is 6.67. The first-order valence-electron chi connectivity index (χ1n) is 9.07. The van der Waals surface area contributed by atoms with Crippen LogP contribution in [-0.2, 0) is 13.0 Å². The summed E-state index contributed by atoms with van der Waals surface area (Å²) in [6.45, 7) is 0.901. The summed E-state index contributed by atoms with van der Waals surface area (Å²) in [4.78, 5) is 5.84. The largest absolute Gasteiger partial charge is 0.305 e. The second-order valence-electron chi connectivity index (χ2n) is 6.72. The quantitative estimate of drug-likeness (QED) is 0.576. The highest BCUT2D eigenvalue weighted by atomic mass is 32.1. The van der Waals surface area contributed by atoms with Gasteiger partial charge in [0.25, 0.3) is 0 Å². The molecule has 0 saturated heterocycles. The lowest BCUT2D eigenvalue weighted by atomic mass is 9.93. The Bertz CT molecular complexity index is 1000. The first kappa shape index (κ1) is 15.7. The summed E-state index contributed by atoms with van der Waals surface area (Å²) >= 11 is 1.88. The van der Waals surface area contributed by atoms with Gasteiger partial charge in [0, 0.05) is 33.9 Å². The molecule has 0 unspecified atom stereocenters. The predicted molar refractivity (Wildman–Crippen MR) is 106 cm³/mol. The third-order valence-corrected chi connectivity index (χ3v) is 6.16. The van der Waals surface area contributed by atoms with Gasteiger partial charge in [-0.25, -0.2) is 9.67 Å². The maximum absolute atomic E-state index is 4.62. The van der Waals surface area contributed by atoms with Gasteiger partial charge in [-0.3, -0.25) is 0 Å². The van der Waals surface area contributed by atoms with Crippen molar-refractivity contribution in [2.75, 3.05) is 0 Å². The number of thiophene rings is 1. The van der Waals surface area contributed by atoms with Crippen molar-refractivity contribution in [2.24, 2.45) is 0 Å². The van der Waals surface area contributed by atoms with Crippen LogP contribution in [0.3, 0.4) is 0 Å². The molecular formula is C21H20N4S. The summed E-state index contributed by atoms with van der Waals surface area (Å²) in [7, 11) is 0. The molecule has 0 fully saturated rings. The van der Waals surface area contributed by atoms with E-state index in [-0.39, 0.29) is 0 Å².